The number of aromatic nitrogens is 3. The van der Waals surface area contributed by atoms with Crippen LogP contribution < -0.4 is 5.32 Å². The molecule has 1 aliphatic heterocycles. The van der Waals surface area contributed by atoms with Crippen molar-refractivity contribution in [3.63, 3.8) is 0 Å². The number of morpholine rings is 1. The van der Waals surface area contributed by atoms with Crippen LogP contribution in [0, 0.1) is 6.92 Å². The number of carbonyl (C=O) groups excluding carboxylic acids is 1. The Morgan fingerprint density at radius 3 is 2.68 bits per heavy atom. The second-order valence-corrected chi connectivity index (χ2v) is 6.74. The molecule has 1 atom stereocenters. The van der Waals surface area contributed by atoms with Gasteiger partial charge in [-0.3, -0.25) is 14.3 Å². The highest BCUT2D eigenvalue weighted by molar-refractivity contribution is 5.94. The fourth-order valence-electron chi connectivity index (χ4n) is 3.36. The van der Waals surface area contributed by atoms with Gasteiger partial charge in [-0.1, -0.05) is 6.07 Å². The van der Waals surface area contributed by atoms with Crippen LogP contribution >= 0.6 is 0 Å². The molecular formula is C20H23N5O3. The molecule has 0 aliphatic carbocycles. The van der Waals surface area contributed by atoms with Crippen molar-refractivity contribution in [2.75, 3.05) is 32.8 Å². The van der Waals surface area contributed by atoms with Crippen molar-refractivity contribution in [3.05, 3.63) is 66.1 Å². The molecule has 8 nitrogen and oxygen atoms in total. The summed E-state index contributed by atoms with van der Waals surface area (Å²) in [4.78, 5) is 15.1. The van der Waals surface area contributed by atoms with Crippen molar-refractivity contribution in [3.8, 4) is 5.69 Å². The van der Waals surface area contributed by atoms with E-state index in [4.69, 9.17) is 9.15 Å². The monoisotopic (exact) mass is 381 g/mol. The molecule has 28 heavy (non-hydrogen) atoms. The van der Waals surface area contributed by atoms with E-state index in [-0.39, 0.29) is 11.9 Å². The minimum Gasteiger partial charge on any atom is -0.465 e. The van der Waals surface area contributed by atoms with Crippen LogP contribution in [0.1, 0.15) is 27.9 Å². The smallest absolute Gasteiger partial charge is 0.251 e. The second-order valence-electron chi connectivity index (χ2n) is 6.74. The van der Waals surface area contributed by atoms with E-state index < -0.39 is 0 Å². The van der Waals surface area contributed by atoms with Gasteiger partial charge in [0.25, 0.3) is 5.91 Å². The zero-order chi connectivity index (χ0) is 19.3. The Morgan fingerprint density at radius 2 is 1.96 bits per heavy atom. The number of nitrogens with zero attached hydrogens (tertiary/aromatic N) is 4. The van der Waals surface area contributed by atoms with E-state index >= 15 is 0 Å². The first-order chi connectivity index (χ1) is 13.7. The maximum absolute atomic E-state index is 12.8. The number of ether oxygens (including phenoxy) is 1. The second kappa shape index (κ2) is 8.37. The number of carbonyl (C=O) groups is 1. The van der Waals surface area contributed by atoms with Gasteiger partial charge in [0.05, 0.1) is 19.3 Å². The Bertz CT molecular complexity index is 916. The molecule has 1 aliphatic rings. The number of hydrogen-bond acceptors (Lipinski definition) is 6. The Hall–Kier alpha value is -2.97. The summed E-state index contributed by atoms with van der Waals surface area (Å²) in [6, 6.07) is 11.3. The largest absolute Gasteiger partial charge is 0.465 e. The Morgan fingerprint density at radius 1 is 1.18 bits per heavy atom. The van der Waals surface area contributed by atoms with Crippen molar-refractivity contribution in [1.82, 2.24) is 25.0 Å². The van der Waals surface area contributed by atoms with Crippen molar-refractivity contribution in [2.45, 2.75) is 13.0 Å². The molecule has 0 saturated carbocycles. The lowest BCUT2D eigenvalue weighted by Crippen LogP contribution is -2.43. The molecule has 4 rings (SSSR count). The zero-order valence-electron chi connectivity index (χ0n) is 15.7. The van der Waals surface area contributed by atoms with Crippen LogP contribution in [0.5, 0.6) is 0 Å². The number of benzene rings is 1. The van der Waals surface area contributed by atoms with E-state index in [2.05, 4.69) is 20.4 Å². The number of hydrogen-bond donors (Lipinski definition) is 1. The first kappa shape index (κ1) is 18.4. The van der Waals surface area contributed by atoms with E-state index in [0.29, 0.717) is 25.3 Å². The van der Waals surface area contributed by atoms with Crippen LogP contribution in [0.2, 0.25) is 0 Å². The molecule has 0 bridgehead atoms. The Balaban J connectivity index is 1.47. The highest BCUT2D eigenvalue weighted by atomic mass is 16.5. The summed E-state index contributed by atoms with van der Waals surface area (Å²) in [6.45, 7) is 5.38. The van der Waals surface area contributed by atoms with Gasteiger partial charge in [0.1, 0.15) is 24.2 Å². The molecule has 2 aromatic heterocycles. The average molecular weight is 381 g/mol. The number of aryl methyl sites for hydroxylation is 1. The minimum atomic E-state index is -0.128. The van der Waals surface area contributed by atoms with Gasteiger partial charge in [-0.25, -0.2) is 0 Å². The third kappa shape index (κ3) is 4.13. The SMILES string of the molecule is Cc1ccc([C@H](CNC(=O)c2cccc(-n3cnnc3)c2)N2CCOCC2)o1. The molecule has 1 saturated heterocycles. The summed E-state index contributed by atoms with van der Waals surface area (Å²) in [7, 11) is 0. The van der Waals surface area contributed by atoms with Gasteiger partial charge < -0.3 is 14.5 Å². The quantitative estimate of drug-likeness (QED) is 0.703. The molecule has 1 N–H and O–H groups in total. The lowest BCUT2D eigenvalue weighted by molar-refractivity contribution is 0.0117. The predicted octanol–water partition coefficient (Wildman–Crippen LogP) is 1.97. The lowest BCUT2D eigenvalue weighted by atomic mass is 10.1. The third-order valence-corrected chi connectivity index (χ3v) is 4.86. The molecular weight excluding hydrogens is 358 g/mol. The number of furan rings is 1. The average Bonchev–Trinajstić information content (AvgIpc) is 3.41. The van der Waals surface area contributed by atoms with Gasteiger partial charge in [-0.05, 0) is 37.3 Å². The van der Waals surface area contributed by atoms with Gasteiger partial charge in [0.2, 0.25) is 0 Å². The van der Waals surface area contributed by atoms with Crippen molar-refractivity contribution in [2.24, 2.45) is 0 Å². The van der Waals surface area contributed by atoms with E-state index in [1.165, 1.54) is 0 Å². The summed E-state index contributed by atoms with van der Waals surface area (Å²) in [5, 5.41) is 10.7. The summed E-state index contributed by atoms with van der Waals surface area (Å²) < 4.78 is 13.1. The van der Waals surface area contributed by atoms with E-state index in [1.807, 2.05) is 37.3 Å². The Kier molecular flexibility index (Phi) is 5.50. The molecule has 3 heterocycles. The summed E-state index contributed by atoms with van der Waals surface area (Å²) in [5.74, 6) is 1.59. The van der Waals surface area contributed by atoms with Crippen LogP contribution in [-0.4, -0.2) is 58.4 Å². The van der Waals surface area contributed by atoms with Gasteiger partial charge >= 0.3 is 0 Å². The first-order valence-corrected chi connectivity index (χ1v) is 9.32. The third-order valence-electron chi connectivity index (χ3n) is 4.86. The fourth-order valence-corrected chi connectivity index (χ4v) is 3.36. The van der Waals surface area contributed by atoms with Gasteiger partial charge in [-0.15, -0.1) is 10.2 Å². The maximum atomic E-state index is 12.8. The van der Waals surface area contributed by atoms with Crippen LogP contribution in [-0.2, 0) is 4.74 Å². The minimum absolute atomic E-state index is 0.0254. The number of amides is 1. The molecule has 1 amide bonds. The lowest BCUT2D eigenvalue weighted by Gasteiger charge is -2.33. The first-order valence-electron chi connectivity index (χ1n) is 9.32. The molecule has 0 radical (unpaired) electrons. The number of rotatable bonds is 6. The van der Waals surface area contributed by atoms with Gasteiger partial charge in [0.15, 0.2) is 0 Å². The van der Waals surface area contributed by atoms with Crippen molar-refractivity contribution in [1.29, 1.82) is 0 Å². The Labute approximate surface area is 163 Å². The maximum Gasteiger partial charge on any atom is 0.251 e. The van der Waals surface area contributed by atoms with Gasteiger partial charge in [-0.2, -0.15) is 0 Å². The molecule has 0 spiro atoms. The standard InChI is InChI=1S/C20H23N5O3/c1-15-5-6-19(28-15)18(24-7-9-27-10-8-24)12-21-20(26)16-3-2-4-17(11-16)25-13-22-23-14-25/h2-6,11,13-14,18H,7-10,12H2,1H3,(H,21,26)/t18-/m0/s1. The zero-order valence-corrected chi connectivity index (χ0v) is 15.7. The van der Waals surface area contributed by atoms with Crippen molar-refractivity contribution < 1.29 is 13.9 Å². The van der Waals surface area contributed by atoms with E-state index in [9.17, 15) is 4.79 Å². The van der Waals surface area contributed by atoms with Gasteiger partial charge in [0, 0.05) is 30.9 Å². The highest BCUT2D eigenvalue weighted by Gasteiger charge is 2.25. The molecule has 146 valence electrons. The summed E-state index contributed by atoms with van der Waals surface area (Å²) in [6.07, 6.45) is 3.20. The summed E-state index contributed by atoms with van der Waals surface area (Å²) >= 11 is 0. The molecule has 8 heteroatoms. The highest BCUT2D eigenvalue weighted by Crippen LogP contribution is 2.23. The predicted molar refractivity (Wildman–Crippen MR) is 102 cm³/mol. The van der Waals surface area contributed by atoms with Crippen LogP contribution in [0.4, 0.5) is 0 Å². The van der Waals surface area contributed by atoms with Crippen molar-refractivity contribution >= 4 is 5.91 Å². The number of nitrogens with one attached hydrogen (secondary N) is 1. The molecule has 1 aromatic carbocycles. The molecule has 1 fully saturated rings. The van der Waals surface area contributed by atoms with E-state index in [0.717, 1.165) is 30.3 Å². The topological polar surface area (TPSA) is 85.4 Å². The molecule has 3 aromatic rings. The fraction of sp³-hybridized carbons (Fsp3) is 0.350. The van der Waals surface area contributed by atoms with Crippen LogP contribution in [0.25, 0.3) is 5.69 Å². The van der Waals surface area contributed by atoms with E-state index in [1.54, 1.807) is 23.3 Å². The normalized spacial score (nSPS) is 16.0. The molecule has 0 unspecified atom stereocenters. The van der Waals surface area contributed by atoms with Crippen LogP contribution in [0.3, 0.4) is 0 Å². The van der Waals surface area contributed by atoms with Crippen LogP contribution in [0.15, 0.2) is 53.5 Å². The summed E-state index contributed by atoms with van der Waals surface area (Å²) in [5.41, 5.74) is 1.42.